The van der Waals surface area contributed by atoms with E-state index in [0.29, 0.717) is 17.5 Å². The van der Waals surface area contributed by atoms with Crippen molar-refractivity contribution in [2.45, 2.75) is 19.3 Å². The Balaban J connectivity index is 1.87. The molecule has 0 bridgehead atoms. The summed E-state index contributed by atoms with van der Waals surface area (Å²) in [6.07, 6.45) is 3.53. The number of fused-ring (bicyclic) bond motifs is 1. The van der Waals surface area contributed by atoms with Gasteiger partial charge in [0.05, 0.1) is 12.8 Å². The van der Waals surface area contributed by atoms with Crippen LogP contribution in [-0.2, 0) is 4.79 Å². The number of hydrogen-bond acceptors (Lipinski definition) is 6. The molecule has 0 aliphatic carbocycles. The molecule has 3 aromatic rings. The summed E-state index contributed by atoms with van der Waals surface area (Å²) in [7, 11) is 1.49. The van der Waals surface area contributed by atoms with Crippen molar-refractivity contribution in [3.63, 3.8) is 0 Å². The van der Waals surface area contributed by atoms with Crippen LogP contribution in [0.1, 0.15) is 29.2 Å². The van der Waals surface area contributed by atoms with Gasteiger partial charge < -0.3 is 15.2 Å². The van der Waals surface area contributed by atoms with Gasteiger partial charge in [-0.1, -0.05) is 6.07 Å². The number of amides is 1. The van der Waals surface area contributed by atoms with E-state index in [-0.39, 0.29) is 24.0 Å². The first kappa shape index (κ1) is 16.1. The van der Waals surface area contributed by atoms with Gasteiger partial charge in [-0.2, -0.15) is 9.78 Å². The number of nitrogens with one attached hydrogen (secondary N) is 1. The van der Waals surface area contributed by atoms with Gasteiger partial charge in [0, 0.05) is 30.3 Å². The number of rotatable bonds is 3. The minimum Gasteiger partial charge on any atom is -0.504 e. The summed E-state index contributed by atoms with van der Waals surface area (Å²) in [6, 6.07) is 6.83. The Bertz CT molecular complexity index is 984. The molecule has 1 aliphatic heterocycles. The minimum absolute atomic E-state index is 0.0573. The maximum Gasteiger partial charge on any atom is 0.252 e. The lowest BCUT2D eigenvalue weighted by Crippen LogP contribution is -2.25. The Morgan fingerprint density at radius 3 is 2.81 bits per heavy atom. The number of phenolic OH excluding ortho intramolecular Hbond substituents is 1. The highest BCUT2D eigenvalue weighted by Crippen LogP contribution is 2.41. The summed E-state index contributed by atoms with van der Waals surface area (Å²) in [5.41, 5.74) is 2.56. The first-order chi connectivity index (χ1) is 12.6. The molecule has 0 unspecified atom stereocenters. The van der Waals surface area contributed by atoms with Crippen LogP contribution < -0.4 is 10.1 Å². The number of methoxy groups -OCH3 is 1. The normalized spacial score (nSPS) is 16.1. The highest BCUT2D eigenvalue weighted by molar-refractivity contribution is 5.95. The van der Waals surface area contributed by atoms with E-state index in [1.54, 1.807) is 41.3 Å². The van der Waals surface area contributed by atoms with Crippen molar-refractivity contribution < 1.29 is 14.6 Å². The van der Waals surface area contributed by atoms with Crippen LogP contribution in [0.4, 0.5) is 5.82 Å². The standard InChI is InChI=1S/C18H17N5O3/c1-10-16-12(11-4-5-13(24)14(8-11)26-2)9-15(25)21-17(16)23(22-10)18-19-6-3-7-20-18/h3-8,12,24H,9H2,1-2H3,(H,21,25)/t12-/m0/s1. The van der Waals surface area contributed by atoms with E-state index in [2.05, 4.69) is 20.4 Å². The summed E-state index contributed by atoms with van der Waals surface area (Å²) in [6.45, 7) is 1.89. The fraction of sp³-hybridized carbons (Fsp3) is 0.222. The van der Waals surface area contributed by atoms with Crippen molar-refractivity contribution in [3.05, 3.63) is 53.5 Å². The maximum atomic E-state index is 12.4. The molecular weight excluding hydrogens is 334 g/mol. The van der Waals surface area contributed by atoms with Gasteiger partial charge in [0.25, 0.3) is 5.95 Å². The number of benzene rings is 1. The van der Waals surface area contributed by atoms with Gasteiger partial charge >= 0.3 is 0 Å². The predicted molar refractivity (Wildman–Crippen MR) is 93.6 cm³/mol. The van der Waals surface area contributed by atoms with E-state index in [1.165, 1.54) is 7.11 Å². The summed E-state index contributed by atoms with van der Waals surface area (Å²) >= 11 is 0. The lowest BCUT2D eigenvalue weighted by Gasteiger charge is -2.24. The van der Waals surface area contributed by atoms with Crippen molar-refractivity contribution >= 4 is 11.7 Å². The number of phenols is 1. The Morgan fingerprint density at radius 1 is 1.31 bits per heavy atom. The molecule has 0 saturated carbocycles. The molecule has 26 heavy (non-hydrogen) atoms. The first-order valence-corrected chi connectivity index (χ1v) is 8.12. The molecule has 1 aromatic carbocycles. The second-order valence-electron chi connectivity index (χ2n) is 6.04. The zero-order valence-corrected chi connectivity index (χ0v) is 14.3. The summed E-state index contributed by atoms with van der Waals surface area (Å²) in [5, 5.41) is 17.3. The Morgan fingerprint density at radius 2 is 2.08 bits per heavy atom. The predicted octanol–water partition coefficient (Wildman–Crippen LogP) is 2.16. The van der Waals surface area contributed by atoms with E-state index in [0.717, 1.165) is 16.8 Å². The smallest absolute Gasteiger partial charge is 0.252 e. The zero-order valence-electron chi connectivity index (χ0n) is 14.3. The van der Waals surface area contributed by atoms with Crippen molar-refractivity contribution in [2.24, 2.45) is 0 Å². The van der Waals surface area contributed by atoms with Crippen LogP contribution in [0.3, 0.4) is 0 Å². The molecule has 2 aromatic heterocycles. The fourth-order valence-corrected chi connectivity index (χ4v) is 3.29. The second kappa shape index (κ2) is 6.14. The largest absolute Gasteiger partial charge is 0.504 e. The van der Waals surface area contributed by atoms with Gasteiger partial charge in [-0.25, -0.2) is 9.97 Å². The molecule has 4 rings (SSSR count). The number of ether oxygens (including phenoxy) is 1. The van der Waals surface area contributed by atoms with Crippen LogP contribution in [0.15, 0.2) is 36.7 Å². The maximum absolute atomic E-state index is 12.4. The monoisotopic (exact) mass is 351 g/mol. The molecule has 1 atom stereocenters. The van der Waals surface area contributed by atoms with Crippen LogP contribution in [-0.4, -0.2) is 37.9 Å². The van der Waals surface area contributed by atoms with Crippen molar-refractivity contribution in [3.8, 4) is 17.4 Å². The van der Waals surface area contributed by atoms with Gasteiger partial charge in [0.15, 0.2) is 11.5 Å². The quantitative estimate of drug-likeness (QED) is 0.750. The Kier molecular flexibility index (Phi) is 3.80. The van der Waals surface area contributed by atoms with Crippen molar-refractivity contribution in [1.29, 1.82) is 0 Å². The van der Waals surface area contributed by atoms with Gasteiger partial charge in [-0.15, -0.1) is 0 Å². The van der Waals surface area contributed by atoms with Crippen LogP contribution in [0, 0.1) is 6.92 Å². The van der Waals surface area contributed by atoms with Gasteiger partial charge in [-0.05, 0) is 30.7 Å². The van der Waals surface area contributed by atoms with Crippen LogP contribution >= 0.6 is 0 Å². The third kappa shape index (κ3) is 2.55. The summed E-state index contributed by atoms with van der Waals surface area (Å²) < 4.78 is 6.75. The van der Waals surface area contributed by atoms with E-state index >= 15 is 0 Å². The van der Waals surface area contributed by atoms with Gasteiger partial charge in [0.1, 0.15) is 5.82 Å². The highest BCUT2D eigenvalue weighted by atomic mass is 16.5. The lowest BCUT2D eigenvalue weighted by atomic mass is 9.85. The molecule has 8 heteroatoms. The Hall–Kier alpha value is -3.42. The molecule has 1 aliphatic rings. The number of anilines is 1. The number of aromatic hydroxyl groups is 1. The highest BCUT2D eigenvalue weighted by Gasteiger charge is 2.33. The topological polar surface area (TPSA) is 102 Å². The zero-order chi connectivity index (χ0) is 18.3. The molecule has 132 valence electrons. The molecule has 0 fully saturated rings. The van der Waals surface area contributed by atoms with Crippen molar-refractivity contribution in [2.75, 3.05) is 12.4 Å². The van der Waals surface area contributed by atoms with Gasteiger partial charge in [-0.3, -0.25) is 4.79 Å². The lowest BCUT2D eigenvalue weighted by molar-refractivity contribution is -0.116. The van der Waals surface area contributed by atoms with Crippen molar-refractivity contribution in [1.82, 2.24) is 19.7 Å². The van der Waals surface area contributed by atoms with Gasteiger partial charge in [0.2, 0.25) is 5.91 Å². The number of aryl methyl sites for hydroxylation is 1. The van der Waals surface area contributed by atoms with Crippen LogP contribution in [0.2, 0.25) is 0 Å². The summed E-state index contributed by atoms with van der Waals surface area (Å²) in [4.78, 5) is 20.8. The SMILES string of the molecule is COc1cc([C@@H]2CC(=O)Nc3c2c(C)nn3-c2ncccn2)ccc1O. The fourth-order valence-electron chi connectivity index (χ4n) is 3.29. The first-order valence-electron chi connectivity index (χ1n) is 8.12. The average molecular weight is 351 g/mol. The third-order valence-corrected chi connectivity index (χ3v) is 4.45. The number of nitrogens with zero attached hydrogens (tertiary/aromatic N) is 4. The molecule has 0 saturated heterocycles. The van der Waals surface area contributed by atoms with Crippen LogP contribution in [0.25, 0.3) is 5.95 Å². The number of carbonyl (C=O) groups excluding carboxylic acids is 1. The number of aromatic nitrogens is 4. The molecule has 1 amide bonds. The molecular formula is C18H17N5O3. The molecule has 0 radical (unpaired) electrons. The molecule has 3 heterocycles. The average Bonchev–Trinajstić information content (AvgIpc) is 2.98. The molecule has 8 nitrogen and oxygen atoms in total. The summed E-state index contributed by atoms with van der Waals surface area (Å²) in [5.74, 6) is 1.06. The minimum atomic E-state index is -0.203. The van der Waals surface area contributed by atoms with Crippen LogP contribution in [0.5, 0.6) is 11.5 Å². The van der Waals surface area contributed by atoms with E-state index in [9.17, 15) is 9.90 Å². The number of carbonyl (C=O) groups is 1. The number of hydrogen-bond donors (Lipinski definition) is 2. The van der Waals surface area contributed by atoms with E-state index in [1.807, 2.05) is 6.92 Å². The third-order valence-electron chi connectivity index (χ3n) is 4.45. The van der Waals surface area contributed by atoms with E-state index in [4.69, 9.17) is 4.74 Å². The second-order valence-corrected chi connectivity index (χ2v) is 6.04. The Labute approximate surface area is 149 Å². The molecule has 2 N–H and O–H groups in total. The molecule has 0 spiro atoms. The van der Waals surface area contributed by atoms with E-state index < -0.39 is 0 Å².